The Kier molecular flexibility index (Phi) is 1.45. The van der Waals surface area contributed by atoms with Gasteiger partial charge < -0.3 is 0 Å². The van der Waals surface area contributed by atoms with Crippen LogP contribution in [0.1, 0.15) is 0 Å². The second-order valence-electron chi connectivity index (χ2n) is 0.260. The van der Waals surface area contributed by atoms with Gasteiger partial charge in [0.05, 0.1) is 0 Å². The number of hydrogen-bond donors (Lipinski definition) is 1. The SMILES string of the molecule is N=[PH](F)F. The second kappa shape index (κ2) is 1.41. The number of hydrogen-bond acceptors (Lipinski definition) is 1. The quantitative estimate of drug-likeness (QED) is 0.433. The number of rotatable bonds is 0. The van der Waals surface area contributed by atoms with Crippen LogP contribution < -0.4 is 0 Å². The molecule has 0 unspecified atom stereocenters. The highest BCUT2D eigenvalue weighted by molar-refractivity contribution is 7.33. The zero-order valence-corrected chi connectivity index (χ0v) is 2.76. The van der Waals surface area contributed by atoms with E-state index in [0.29, 0.717) is 0 Å². The van der Waals surface area contributed by atoms with Gasteiger partial charge in [-0.15, -0.1) is 0 Å². The van der Waals surface area contributed by atoms with E-state index in [2.05, 4.69) is 0 Å². The predicted octanol–water partition coefficient (Wildman–Crippen LogP) is 1.73. The van der Waals surface area contributed by atoms with E-state index in [9.17, 15) is 8.39 Å². The van der Waals surface area contributed by atoms with Gasteiger partial charge in [-0.2, -0.15) is 8.39 Å². The van der Waals surface area contributed by atoms with Crippen molar-refractivity contribution in [3.05, 3.63) is 0 Å². The molecule has 4 heavy (non-hydrogen) atoms. The van der Waals surface area contributed by atoms with Gasteiger partial charge >= 0.3 is 0 Å². The van der Waals surface area contributed by atoms with Crippen molar-refractivity contribution in [3.8, 4) is 0 Å². The Morgan fingerprint density at radius 3 is 1.50 bits per heavy atom. The van der Waals surface area contributed by atoms with Crippen molar-refractivity contribution in [1.82, 2.24) is 0 Å². The van der Waals surface area contributed by atoms with Gasteiger partial charge in [-0.25, -0.2) is 0 Å². The van der Waals surface area contributed by atoms with Crippen molar-refractivity contribution in [2.45, 2.75) is 0 Å². The largest absolute Gasteiger partial charge is 0.280 e. The molecule has 0 aromatic rings. The van der Waals surface area contributed by atoms with Crippen LogP contribution in [0, 0.1) is 5.16 Å². The molecule has 0 spiro atoms. The molecule has 0 aromatic heterocycles. The zero-order valence-electron chi connectivity index (χ0n) is 1.76. The van der Waals surface area contributed by atoms with Crippen LogP contribution >= 0.6 is 8.33 Å². The Bertz CT molecular complexity index is 29.0. The maximum atomic E-state index is 10.1. The van der Waals surface area contributed by atoms with Gasteiger partial charge in [-0.1, -0.05) is 0 Å². The smallest absolute Gasteiger partial charge is 0.265 e. The second-order valence-corrected chi connectivity index (χ2v) is 0.781. The van der Waals surface area contributed by atoms with Gasteiger partial charge in [0.2, 0.25) is 0 Å². The molecule has 0 aliphatic rings. The zero-order chi connectivity index (χ0) is 3.58. The van der Waals surface area contributed by atoms with Crippen LogP contribution in [0.25, 0.3) is 0 Å². The summed E-state index contributed by atoms with van der Waals surface area (Å²) in [5.74, 6) is 0. The average molecular weight is 85.0 g/mol. The van der Waals surface area contributed by atoms with Crippen molar-refractivity contribution in [1.29, 1.82) is 5.16 Å². The molecule has 0 saturated heterocycles. The maximum absolute atomic E-state index is 10.1. The van der Waals surface area contributed by atoms with E-state index in [1.165, 1.54) is 0 Å². The molecule has 0 aliphatic heterocycles. The lowest BCUT2D eigenvalue weighted by atomic mass is 14.0. The summed E-state index contributed by atoms with van der Waals surface area (Å²) in [6.45, 7) is 0. The lowest BCUT2D eigenvalue weighted by Crippen LogP contribution is -1.00. The summed E-state index contributed by atoms with van der Waals surface area (Å²) in [5.41, 5.74) is 0. The van der Waals surface area contributed by atoms with Crippen molar-refractivity contribution in [3.63, 3.8) is 0 Å². The molecule has 0 saturated carbocycles. The van der Waals surface area contributed by atoms with Crippen LogP contribution in [0.15, 0.2) is 0 Å². The molecule has 0 fully saturated rings. The van der Waals surface area contributed by atoms with E-state index in [-0.39, 0.29) is 0 Å². The Hall–Kier alpha value is 0.0900. The van der Waals surface area contributed by atoms with E-state index in [0.717, 1.165) is 0 Å². The summed E-state index contributed by atoms with van der Waals surface area (Å²) in [4.78, 5) is 0. The Morgan fingerprint density at radius 2 is 1.50 bits per heavy atom. The lowest BCUT2D eigenvalue weighted by Gasteiger charge is -1.56. The van der Waals surface area contributed by atoms with Crippen molar-refractivity contribution in [2.24, 2.45) is 0 Å². The van der Waals surface area contributed by atoms with Gasteiger partial charge in [0.25, 0.3) is 8.33 Å². The molecule has 0 aromatic carbocycles. The van der Waals surface area contributed by atoms with Crippen LogP contribution in [0.4, 0.5) is 8.39 Å². The number of nitrogens with one attached hydrogen (secondary N) is 1. The van der Waals surface area contributed by atoms with Crippen LogP contribution in [-0.4, -0.2) is 0 Å². The van der Waals surface area contributed by atoms with Gasteiger partial charge in [-0.05, 0) is 0 Å². The maximum Gasteiger partial charge on any atom is 0.280 e. The first-order valence-electron chi connectivity index (χ1n) is 0.628. The molecule has 0 heterocycles. The summed E-state index contributed by atoms with van der Waals surface area (Å²) in [5, 5.41) is 5.35. The van der Waals surface area contributed by atoms with E-state index in [1.54, 1.807) is 0 Å². The normalized spacial score (nSPS) is 8.75. The van der Waals surface area contributed by atoms with Crippen LogP contribution in [0.2, 0.25) is 0 Å². The molecular formula is H2F2NP. The van der Waals surface area contributed by atoms with Crippen LogP contribution in [0.3, 0.4) is 0 Å². The molecule has 0 rings (SSSR count). The summed E-state index contributed by atoms with van der Waals surface area (Å²) in [7, 11) is -3.63. The third kappa shape index (κ3) is 307. The third-order valence-corrected chi connectivity index (χ3v) is 0. The first kappa shape index (κ1) is 4.09. The molecule has 0 aliphatic carbocycles. The van der Waals surface area contributed by atoms with E-state index in [4.69, 9.17) is 5.16 Å². The minimum Gasteiger partial charge on any atom is -0.265 e. The van der Waals surface area contributed by atoms with Gasteiger partial charge in [0, 0.05) is 0 Å². The molecule has 4 heteroatoms. The molecule has 0 amide bonds. The fraction of sp³-hybridized carbons (Fsp3) is 0. The summed E-state index contributed by atoms with van der Waals surface area (Å²) in [6, 6.07) is 0. The molecule has 26 valence electrons. The van der Waals surface area contributed by atoms with Crippen LogP contribution in [0.5, 0.6) is 0 Å². The first-order valence-corrected chi connectivity index (χ1v) is 1.88. The van der Waals surface area contributed by atoms with E-state index in [1.807, 2.05) is 0 Å². The standard InChI is InChI=1S/F2H2NP/c1-4(2)3/h3-4H. The lowest BCUT2D eigenvalue weighted by molar-refractivity contribution is 0.756. The fourth-order valence-corrected chi connectivity index (χ4v) is 0. The summed E-state index contributed by atoms with van der Waals surface area (Å²) < 4.78 is 20.2. The third-order valence-electron chi connectivity index (χ3n) is 0. The predicted molar refractivity (Wildman–Crippen MR) is 13.3 cm³/mol. The molecule has 0 atom stereocenters. The average Bonchev–Trinajstić information content (AvgIpc) is 0.811. The highest BCUT2D eigenvalue weighted by atomic mass is 31.2. The summed E-state index contributed by atoms with van der Waals surface area (Å²) >= 11 is 0. The van der Waals surface area contributed by atoms with Crippen molar-refractivity contribution in [2.75, 3.05) is 0 Å². The molecular weight excluding hydrogens is 83.0 g/mol. The fourth-order valence-electron chi connectivity index (χ4n) is 0. The highest BCUT2D eigenvalue weighted by Gasteiger charge is 1.64. The van der Waals surface area contributed by atoms with Crippen molar-refractivity contribution < 1.29 is 8.39 Å². The minimum atomic E-state index is -3.63. The molecule has 1 N–H and O–H groups in total. The Labute approximate surface area is 23.1 Å². The van der Waals surface area contributed by atoms with Crippen molar-refractivity contribution >= 4 is 8.33 Å². The minimum absolute atomic E-state index is 3.63. The van der Waals surface area contributed by atoms with Gasteiger partial charge in [-0.3, -0.25) is 5.16 Å². The number of halogens is 2. The monoisotopic (exact) mass is 85.0 g/mol. The Morgan fingerprint density at radius 1 is 1.50 bits per heavy atom. The van der Waals surface area contributed by atoms with Gasteiger partial charge in [0.1, 0.15) is 0 Å². The van der Waals surface area contributed by atoms with E-state index >= 15 is 0 Å². The molecule has 0 radical (unpaired) electrons. The molecule has 1 nitrogen and oxygen atoms in total. The van der Waals surface area contributed by atoms with Gasteiger partial charge in [0.15, 0.2) is 0 Å². The first-order chi connectivity index (χ1) is 1.73. The highest BCUT2D eigenvalue weighted by Crippen LogP contribution is 2.21. The molecule has 0 bridgehead atoms. The van der Waals surface area contributed by atoms with Crippen LogP contribution in [-0.2, 0) is 0 Å². The topological polar surface area (TPSA) is 23.9 Å². The summed E-state index contributed by atoms with van der Waals surface area (Å²) in [6.07, 6.45) is 0. The Balaban J connectivity index is 2.80. The van der Waals surface area contributed by atoms with E-state index < -0.39 is 8.33 Å².